The molecule has 2 heterocycles. The van der Waals surface area contributed by atoms with Crippen molar-refractivity contribution in [1.82, 2.24) is 9.38 Å². The van der Waals surface area contributed by atoms with Crippen LogP contribution in [-0.2, 0) is 15.8 Å². The molecule has 6 nitrogen and oxygen atoms in total. The summed E-state index contributed by atoms with van der Waals surface area (Å²) in [7, 11) is -3.76. The minimum atomic E-state index is -3.76. The van der Waals surface area contributed by atoms with E-state index in [0.29, 0.717) is 27.1 Å². The maximum atomic E-state index is 12.7. The van der Waals surface area contributed by atoms with E-state index in [4.69, 9.17) is 11.6 Å². The molecule has 0 amide bonds. The number of halogens is 1. The van der Waals surface area contributed by atoms with Gasteiger partial charge in [-0.3, -0.25) is 13.9 Å². The van der Waals surface area contributed by atoms with Crippen LogP contribution in [0.4, 0.5) is 5.69 Å². The molecule has 2 aromatic heterocycles. The molecule has 4 rings (SSSR count). The number of thioether (sulfide) groups is 1. The number of rotatable bonds is 6. The molecule has 0 fully saturated rings. The monoisotopic (exact) mass is 477 g/mol. The van der Waals surface area contributed by atoms with Gasteiger partial charge in [-0.2, -0.15) is 0 Å². The highest BCUT2D eigenvalue weighted by Gasteiger charge is 2.16. The normalized spacial score (nSPS) is 11.7. The molecule has 0 spiro atoms. The van der Waals surface area contributed by atoms with Crippen molar-refractivity contribution >= 4 is 55.4 Å². The summed E-state index contributed by atoms with van der Waals surface area (Å²) < 4.78 is 29.6. The fourth-order valence-electron chi connectivity index (χ4n) is 2.82. The number of fused-ring (bicyclic) bond motifs is 1. The van der Waals surface area contributed by atoms with Crippen molar-refractivity contribution in [2.24, 2.45) is 0 Å². The summed E-state index contributed by atoms with van der Waals surface area (Å²) in [6, 6.07) is 14.6. The number of thiazole rings is 1. The first-order chi connectivity index (χ1) is 14.3. The van der Waals surface area contributed by atoms with Gasteiger partial charge in [-0.15, -0.1) is 23.1 Å². The van der Waals surface area contributed by atoms with Crippen molar-refractivity contribution in [3.63, 3.8) is 0 Å². The van der Waals surface area contributed by atoms with E-state index in [0.717, 1.165) is 10.6 Å². The van der Waals surface area contributed by atoms with Gasteiger partial charge in [0.1, 0.15) is 0 Å². The molecule has 0 aliphatic heterocycles. The van der Waals surface area contributed by atoms with Gasteiger partial charge in [-0.1, -0.05) is 23.7 Å². The van der Waals surface area contributed by atoms with Gasteiger partial charge in [-0.25, -0.2) is 13.4 Å². The number of hydrogen-bond acceptors (Lipinski definition) is 6. The lowest BCUT2D eigenvalue weighted by Crippen LogP contribution is -2.15. The molecule has 4 aromatic rings. The Morgan fingerprint density at radius 3 is 2.67 bits per heavy atom. The number of para-hydroxylation sites is 1. The van der Waals surface area contributed by atoms with Crippen LogP contribution in [0.15, 0.2) is 74.6 Å². The van der Waals surface area contributed by atoms with Crippen LogP contribution >= 0.6 is 34.7 Å². The Balaban J connectivity index is 1.57. The van der Waals surface area contributed by atoms with Gasteiger partial charge < -0.3 is 0 Å². The van der Waals surface area contributed by atoms with Crippen molar-refractivity contribution < 1.29 is 8.42 Å². The quantitative estimate of drug-likeness (QED) is 0.403. The Bertz CT molecular complexity index is 1380. The second-order valence-corrected chi connectivity index (χ2v) is 10.4. The summed E-state index contributed by atoms with van der Waals surface area (Å²) in [4.78, 5) is 18.4. The molecule has 30 heavy (non-hydrogen) atoms. The average Bonchev–Trinajstić information content (AvgIpc) is 3.08. The molecule has 0 aliphatic carbocycles. The summed E-state index contributed by atoms with van der Waals surface area (Å²) in [6.07, 6.45) is 0. The summed E-state index contributed by atoms with van der Waals surface area (Å²) >= 11 is 8.67. The van der Waals surface area contributed by atoms with Crippen molar-refractivity contribution in [2.75, 3.05) is 4.72 Å². The summed E-state index contributed by atoms with van der Waals surface area (Å²) in [5.41, 5.74) is 1.84. The van der Waals surface area contributed by atoms with Gasteiger partial charge in [0.25, 0.3) is 15.6 Å². The SMILES string of the molecule is Cc1csc2nc(CSc3ccccc3NS(=O)(=O)c3ccc(Cl)cc3)cc(=O)n12. The van der Waals surface area contributed by atoms with Crippen LogP contribution < -0.4 is 10.3 Å². The lowest BCUT2D eigenvalue weighted by Gasteiger charge is -2.12. The van der Waals surface area contributed by atoms with E-state index in [1.165, 1.54) is 53.4 Å². The molecule has 0 saturated heterocycles. The third kappa shape index (κ3) is 4.39. The predicted molar refractivity (Wildman–Crippen MR) is 122 cm³/mol. The number of nitrogens with zero attached hydrogens (tertiary/aromatic N) is 2. The smallest absolute Gasteiger partial charge is 0.261 e. The fraction of sp³-hybridized carbons (Fsp3) is 0.100. The third-order valence-electron chi connectivity index (χ3n) is 4.26. The predicted octanol–water partition coefficient (Wildman–Crippen LogP) is 4.81. The van der Waals surface area contributed by atoms with E-state index in [1.807, 2.05) is 24.4 Å². The van der Waals surface area contributed by atoms with E-state index >= 15 is 0 Å². The number of anilines is 1. The Hall–Kier alpha value is -2.33. The maximum Gasteiger partial charge on any atom is 0.261 e. The van der Waals surface area contributed by atoms with Crippen molar-refractivity contribution in [1.29, 1.82) is 0 Å². The molecular formula is C20H16ClN3O3S3. The first kappa shape index (κ1) is 20.9. The van der Waals surface area contributed by atoms with E-state index in [1.54, 1.807) is 16.5 Å². The molecule has 0 atom stereocenters. The minimum Gasteiger partial charge on any atom is -0.278 e. The number of hydrogen-bond donors (Lipinski definition) is 1. The zero-order valence-electron chi connectivity index (χ0n) is 15.7. The Labute approximate surface area is 186 Å². The molecule has 2 aromatic carbocycles. The second kappa shape index (κ2) is 8.43. The van der Waals surface area contributed by atoms with Crippen LogP contribution in [0.5, 0.6) is 0 Å². The lowest BCUT2D eigenvalue weighted by atomic mass is 10.3. The zero-order chi connectivity index (χ0) is 21.3. The van der Waals surface area contributed by atoms with E-state index in [-0.39, 0.29) is 10.5 Å². The van der Waals surface area contributed by atoms with Crippen LogP contribution in [0.2, 0.25) is 5.02 Å². The molecule has 0 radical (unpaired) electrons. The third-order valence-corrected chi connectivity index (χ3v) is 7.94. The fourth-order valence-corrected chi connectivity index (χ4v) is 5.88. The molecule has 0 saturated carbocycles. The summed E-state index contributed by atoms with van der Waals surface area (Å²) in [5, 5.41) is 2.35. The van der Waals surface area contributed by atoms with Gasteiger partial charge in [-0.05, 0) is 43.3 Å². The number of sulfonamides is 1. The topological polar surface area (TPSA) is 80.5 Å². The number of aromatic nitrogens is 2. The van der Waals surface area contributed by atoms with E-state index in [9.17, 15) is 13.2 Å². The van der Waals surface area contributed by atoms with Crippen LogP contribution in [0, 0.1) is 6.92 Å². The first-order valence-electron chi connectivity index (χ1n) is 8.80. The van der Waals surface area contributed by atoms with Gasteiger partial charge in [0.2, 0.25) is 0 Å². The number of benzene rings is 2. The highest BCUT2D eigenvalue weighted by molar-refractivity contribution is 7.98. The van der Waals surface area contributed by atoms with Gasteiger partial charge >= 0.3 is 0 Å². The molecular weight excluding hydrogens is 462 g/mol. The standard InChI is InChI=1S/C20H16ClN3O3S3/c1-13-11-29-20-22-15(10-19(25)24(13)20)12-28-18-5-3-2-4-17(18)23-30(26,27)16-8-6-14(21)7-9-16/h2-11,23H,12H2,1H3. The Kier molecular flexibility index (Phi) is 5.88. The summed E-state index contributed by atoms with van der Waals surface area (Å²) in [6.45, 7) is 1.87. The van der Waals surface area contributed by atoms with Crippen LogP contribution in [0.1, 0.15) is 11.4 Å². The van der Waals surface area contributed by atoms with E-state index < -0.39 is 10.0 Å². The van der Waals surface area contributed by atoms with Crippen molar-refractivity contribution in [3.8, 4) is 0 Å². The van der Waals surface area contributed by atoms with Crippen LogP contribution in [0.3, 0.4) is 0 Å². The highest BCUT2D eigenvalue weighted by Crippen LogP contribution is 2.31. The molecule has 154 valence electrons. The molecule has 0 bridgehead atoms. The summed E-state index contributed by atoms with van der Waals surface area (Å²) in [5.74, 6) is 0.433. The minimum absolute atomic E-state index is 0.119. The molecule has 10 heteroatoms. The average molecular weight is 478 g/mol. The van der Waals surface area contributed by atoms with Crippen molar-refractivity contribution in [3.05, 3.63) is 86.7 Å². The van der Waals surface area contributed by atoms with Crippen LogP contribution in [0.25, 0.3) is 4.96 Å². The number of aryl methyl sites for hydroxylation is 1. The van der Waals surface area contributed by atoms with Gasteiger partial charge in [0.15, 0.2) is 4.96 Å². The largest absolute Gasteiger partial charge is 0.278 e. The van der Waals surface area contributed by atoms with Crippen LogP contribution in [-0.4, -0.2) is 17.8 Å². The highest BCUT2D eigenvalue weighted by atomic mass is 35.5. The van der Waals surface area contributed by atoms with E-state index in [2.05, 4.69) is 9.71 Å². The molecule has 1 N–H and O–H groups in total. The Morgan fingerprint density at radius 1 is 1.17 bits per heavy atom. The van der Waals surface area contributed by atoms with Gasteiger partial charge in [0, 0.05) is 32.8 Å². The maximum absolute atomic E-state index is 12.7. The lowest BCUT2D eigenvalue weighted by molar-refractivity contribution is 0.601. The zero-order valence-corrected chi connectivity index (χ0v) is 18.9. The molecule has 0 aliphatic rings. The Morgan fingerprint density at radius 2 is 1.90 bits per heavy atom. The molecule has 0 unspecified atom stereocenters. The van der Waals surface area contributed by atoms with Crippen molar-refractivity contribution in [2.45, 2.75) is 22.5 Å². The van der Waals surface area contributed by atoms with Gasteiger partial charge in [0.05, 0.1) is 16.3 Å². The second-order valence-electron chi connectivity index (χ2n) is 6.43. The first-order valence-corrected chi connectivity index (χ1v) is 12.5. The number of nitrogens with one attached hydrogen (secondary N) is 1.